The van der Waals surface area contributed by atoms with Gasteiger partial charge >= 0.3 is 0 Å². The van der Waals surface area contributed by atoms with E-state index in [0.717, 1.165) is 18.7 Å². The molecule has 0 amide bonds. The predicted octanol–water partition coefficient (Wildman–Crippen LogP) is 1.46. The molecule has 0 aromatic carbocycles. The minimum atomic E-state index is 0.0896. The van der Waals surface area contributed by atoms with Gasteiger partial charge in [-0.15, -0.1) is 0 Å². The summed E-state index contributed by atoms with van der Waals surface area (Å²) in [4.78, 5) is 8.40. The van der Waals surface area contributed by atoms with Crippen LogP contribution in [0.25, 0.3) is 0 Å². The molecule has 4 heteroatoms. The van der Waals surface area contributed by atoms with Crippen LogP contribution in [0.5, 0.6) is 0 Å². The van der Waals surface area contributed by atoms with Crippen molar-refractivity contribution in [2.75, 3.05) is 6.54 Å². The van der Waals surface area contributed by atoms with Crippen LogP contribution in [-0.4, -0.2) is 17.5 Å². The molecule has 1 atom stereocenters. The van der Waals surface area contributed by atoms with Gasteiger partial charge in [-0.1, -0.05) is 13.0 Å². The molecule has 0 spiro atoms. The molecule has 3 N–H and O–H groups in total. The molecule has 1 unspecified atom stereocenters. The van der Waals surface area contributed by atoms with E-state index in [1.54, 1.807) is 6.20 Å². The highest BCUT2D eigenvalue weighted by molar-refractivity contribution is 5.78. The Morgan fingerprint density at radius 3 is 3.00 bits per heavy atom. The Balaban J connectivity index is 2.52. The van der Waals surface area contributed by atoms with E-state index in [4.69, 9.17) is 5.73 Å². The summed E-state index contributed by atoms with van der Waals surface area (Å²) in [6, 6.07) is 5.90. The van der Waals surface area contributed by atoms with Gasteiger partial charge < -0.3 is 11.1 Å². The summed E-state index contributed by atoms with van der Waals surface area (Å²) in [5.41, 5.74) is 6.67. The number of hydrogen-bond donors (Lipinski definition) is 2. The fourth-order valence-electron chi connectivity index (χ4n) is 1.21. The Labute approximate surface area is 90.6 Å². The number of guanidine groups is 1. The molecule has 1 heterocycles. The zero-order valence-electron chi connectivity index (χ0n) is 9.27. The lowest BCUT2D eigenvalue weighted by atomic mass is 10.2. The molecule has 82 valence electrons. The molecule has 0 aliphatic heterocycles. The topological polar surface area (TPSA) is 63.3 Å². The summed E-state index contributed by atoms with van der Waals surface area (Å²) in [6.07, 6.45) is 2.77. The number of nitrogens with two attached hydrogens (primary N) is 1. The summed E-state index contributed by atoms with van der Waals surface area (Å²) in [5.74, 6) is 0.481. The van der Waals surface area contributed by atoms with Crippen molar-refractivity contribution < 1.29 is 0 Å². The molecule has 1 aromatic rings. The zero-order chi connectivity index (χ0) is 11.1. The molecular weight excluding hydrogens is 188 g/mol. The number of pyridine rings is 1. The van der Waals surface area contributed by atoms with E-state index in [1.807, 2.05) is 25.1 Å². The van der Waals surface area contributed by atoms with Crippen LogP contribution in [0, 0.1) is 0 Å². The van der Waals surface area contributed by atoms with Gasteiger partial charge in [0.1, 0.15) is 0 Å². The quantitative estimate of drug-likeness (QED) is 0.579. The van der Waals surface area contributed by atoms with Crippen molar-refractivity contribution in [1.82, 2.24) is 10.3 Å². The Hall–Kier alpha value is -1.58. The van der Waals surface area contributed by atoms with Gasteiger partial charge in [0.25, 0.3) is 0 Å². The van der Waals surface area contributed by atoms with Gasteiger partial charge in [0.15, 0.2) is 5.96 Å². The Kier molecular flexibility index (Phi) is 4.60. The summed E-state index contributed by atoms with van der Waals surface area (Å²) in [7, 11) is 0. The smallest absolute Gasteiger partial charge is 0.189 e. The lowest BCUT2D eigenvalue weighted by molar-refractivity contribution is 0.683. The van der Waals surface area contributed by atoms with Gasteiger partial charge in [0.05, 0.1) is 11.7 Å². The molecule has 0 saturated carbocycles. The highest BCUT2D eigenvalue weighted by atomic mass is 15.1. The molecule has 15 heavy (non-hydrogen) atoms. The van der Waals surface area contributed by atoms with Crippen LogP contribution in [0.3, 0.4) is 0 Å². The van der Waals surface area contributed by atoms with Gasteiger partial charge in [-0.05, 0) is 25.5 Å². The maximum atomic E-state index is 5.71. The van der Waals surface area contributed by atoms with Crippen molar-refractivity contribution in [1.29, 1.82) is 0 Å². The van der Waals surface area contributed by atoms with Crippen molar-refractivity contribution in [2.45, 2.75) is 26.3 Å². The minimum absolute atomic E-state index is 0.0896. The average molecular weight is 206 g/mol. The number of hydrogen-bond acceptors (Lipinski definition) is 2. The molecule has 1 rings (SSSR count). The van der Waals surface area contributed by atoms with Crippen LogP contribution in [0.2, 0.25) is 0 Å². The number of aromatic nitrogens is 1. The third-order valence-corrected chi connectivity index (χ3v) is 2.00. The van der Waals surface area contributed by atoms with Gasteiger partial charge in [0, 0.05) is 12.7 Å². The first-order valence-electron chi connectivity index (χ1n) is 5.21. The standard InChI is InChI=1S/C11H18N4/c1-3-7-14-11(12)15-9(2)10-6-4-5-8-13-10/h4-6,8-9H,3,7H2,1-2H3,(H3,12,14,15). The molecule has 0 saturated heterocycles. The summed E-state index contributed by atoms with van der Waals surface area (Å²) in [5, 5.41) is 3.10. The first kappa shape index (κ1) is 11.5. The maximum Gasteiger partial charge on any atom is 0.189 e. The number of aliphatic imine (C=N–C) groups is 1. The summed E-state index contributed by atoms with van der Waals surface area (Å²) in [6.45, 7) is 4.84. The fraction of sp³-hybridized carbons (Fsp3) is 0.455. The predicted molar refractivity (Wildman–Crippen MR) is 62.6 cm³/mol. The molecular formula is C11H18N4. The lowest BCUT2D eigenvalue weighted by Crippen LogP contribution is -2.34. The molecule has 4 nitrogen and oxygen atoms in total. The van der Waals surface area contributed by atoms with Gasteiger partial charge in [-0.3, -0.25) is 9.98 Å². The summed E-state index contributed by atoms with van der Waals surface area (Å²) >= 11 is 0. The van der Waals surface area contributed by atoms with E-state index in [1.165, 1.54) is 0 Å². The first-order chi connectivity index (χ1) is 7.24. The molecule has 0 aliphatic rings. The third-order valence-electron chi connectivity index (χ3n) is 2.00. The van der Waals surface area contributed by atoms with E-state index in [9.17, 15) is 0 Å². The highest BCUT2D eigenvalue weighted by Crippen LogP contribution is 2.06. The van der Waals surface area contributed by atoms with Crippen molar-refractivity contribution in [3.63, 3.8) is 0 Å². The van der Waals surface area contributed by atoms with Crippen LogP contribution >= 0.6 is 0 Å². The van der Waals surface area contributed by atoms with E-state index >= 15 is 0 Å². The van der Waals surface area contributed by atoms with Crippen LogP contribution < -0.4 is 11.1 Å². The number of rotatable bonds is 4. The van der Waals surface area contributed by atoms with Crippen LogP contribution in [0.1, 0.15) is 32.0 Å². The SMILES string of the molecule is CCCN=C(N)NC(C)c1ccccn1. The largest absolute Gasteiger partial charge is 0.370 e. The fourth-order valence-corrected chi connectivity index (χ4v) is 1.21. The zero-order valence-corrected chi connectivity index (χ0v) is 9.27. The number of nitrogens with zero attached hydrogens (tertiary/aromatic N) is 2. The van der Waals surface area contributed by atoms with Gasteiger partial charge in [-0.25, -0.2) is 0 Å². The van der Waals surface area contributed by atoms with Crippen molar-refractivity contribution in [2.24, 2.45) is 10.7 Å². The second kappa shape index (κ2) is 6.01. The second-order valence-corrected chi connectivity index (χ2v) is 3.39. The number of nitrogens with one attached hydrogen (secondary N) is 1. The molecule has 0 radical (unpaired) electrons. The van der Waals surface area contributed by atoms with Gasteiger partial charge in [0.2, 0.25) is 0 Å². The maximum absolute atomic E-state index is 5.71. The van der Waals surface area contributed by atoms with E-state index in [-0.39, 0.29) is 6.04 Å². The molecule has 1 aromatic heterocycles. The normalized spacial score (nSPS) is 13.6. The van der Waals surface area contributed by atoms with Crippen LogP contribution in [0.15, 0.2) is 29.4 Å². The highest BCUT2D eigenvalue weighted by Gasteiger charge is 2.05. The van der Waals surface area contributed by atoms with Crippen LogP contribution in [0.4, 0.5) is 0 Å². The lowest BCUT2D eigenvalue weighted by Gasteiger charge is -2.13. The average Bonchev–Trinajstić information content (AvgIpc) is 2.27. The molecule has 0 aliphatic carbocycles. The van der Waals surface area contributed by atoms with Crippen LogP contribution in [-0.2, 0) is 0 Å². The second-order valence-electron chi connectivity index (χ2n) is 3.39. The van der Waals surface area contributed by atoms with E-state index in [0.29, 0.717) is 5.96 Å². The molecule has 0 bridgehead atoms. The van der Waals surface area contributed by atoms with Crippen molar-refractivity contribution in [3.05, 3.63) is 30.1 Å². The monoisotopic (exact) mass is 206 g/mol. The van der Waals surface area contributed by atoms with Crippen molar-refractivity contribution >= 4 is 5.96 Å². The van der Waals surface area contributed by atoms with E-state index < -0.39 is 0 Å². The third kappa shape index (κ3) is 3.97. The first-order valence-corrected chi connectivity index (χ1v) is 5.21. The summed E-state index contributed by atoms with van der Waals surface area (Å²) < 4.78 is 0. The van der Waals surface area contributed by atoms with Gasteiger partial charge in [-0.2, -0.15) is 0 Å². The Morgan fingerprint density at radius 2 is 2.40 bits per heavy atom. The van der Waals surface area contributed by atoms with Crippen molar-refractivity contribution in [3.8, 4) is 0 Å². The Bertz CT molecular complexity index is 308. The molecule has 0 fully saturated rings. The minimum Gasteiger partial charge on any atom is -0.370 e. The van der Waals surface area contributed by atoms with E-state index in [2.05, 4.69) is 22.2 Å². The Morgan fingerprint density at radius 1 is 1.60 bits per heavy atom.